The number of furan rings is 1. The van der Waals surface area contributed by atoms with Gasteiger partial charge in [0.05, 0.1) is 16.6 Å². The number of fused-ring (bicyclic) bond motifs is 14. The van der Waals surface area contributed by atoms with Crippen LogP contribution in [0, 0.1) is 0 Å². The second-order valence-electron chi connectivity index (χ2n) is 16.3. The first-order chi connectivity index (χ1) is 31.2. The van der Waals surface area contributed by atoms with Gasteiger partial charge in [-0.25, -0.2) is 15.0 Å². The van der Waals surface area contributed by atoms with Gasteiger partial charge in [0.15, 0.2) is 17.5 Å². The topological polar surface area (TPSA) is 56.7 Å². The van der Waals surface area contributed by atoms with Crippen molar-refractivity contribution in [2.75, 3.05) is 0 Å². The van der Waals surface area contributed by atoms with Crippen molar-refractivity contribution in [1.29, 1.82) is 0 Å². The lowest BCUT2D eigenvalue weighted by molar-refractivity contribution is 0.669. The highest BCUT2D eigenvalue weighted by atomic mass is 32.1. The van der Waals surface area contributed by atoms with Crippen molar-refractivity contribution in [2.24, 2.45) is 0 Å². The third kappa shape index (κ3) is 5.13. The van der Waals surface area contributed by atoms with Crippen LogP contribution < -0.4 is 0 Å². The maximum absolute atomic E-state index is 6.60. The summed E-state index contributed by atoms with van der Waals surface area (Å²) in [7, 11) is 0. The molecule has 4 aromatic heterocycles. The van der Waals surface area contributed by atoms with Gasteiger partial charge in [0, 0.05) is 58.5 Å². The van der Waals surface area contributed by atoms with Crippen LogP contribution in [0.15, 0.2) is 199 Å². The number of hydrogen-bond donors (Lipinski definition) is 0. The maximum atomic E-state index is 6.60. The van der Waals surface area contributed by atoms with E-state index in [0.717, 1.165) is 76.2 Å². The summed E-state index contributed by atoms with van der Waals surface area (Å²) in [5.41, 5.74) is 7.60. The van der Waals surface area contributed by atoms with Crippen LogP contribution in [0.25, 0.3) is 136 Å². The molecule has 0 aliphatic carbocycles. The standard InChI is InChI=1S/C57H32N4OS/c1-2-14-35-30-36(25-24-33(35)12-1)55-58-56(45-20-11-19-43-40-16-6-9-22-50(40)62-53(43)45)60-57(59-55)47-32-37(31-46-41-17-7-10-23-51(41)63-54(46)47)61-48-21-8-5-18-44(48)52-42-27-26-34-13-3-4-15-38(34)39(42)28-29-49(52)61/h1-32H. The molecule has 4 heterocycles. The number of para-hydroxylation sites is 3. The highest BCUT2D eigenvalue weighted by molar-refractivity contribution is 7.26. The molecule has 63 heavy (non-hydrogen) atoms. The molecule has 0 aliphatic heterocycles. The third-order valence-electron chi connectivity index (χ3n) is 12.8. The second-order valence-corrected chi connectivity index (χ2v) is 17.4. The van der Waals surface area contributed by atoms with Gasteiger partial charge in [0.25, 0.3) is 0 Å². The molecule has 292 valence electrons. The van der Waals surface area contributed by atoms with Crippen molar-refractivity contribution < 1.29 is 4.42 Å². The Morgan fingerprint density at radius 1 is 0.397 bits per heavy atom. The van der Waals surface area contributed by atoms with Crippen LogP contribution in [-0.2, 0) is 0 Å². The van der Waals surface area contributed by atoms with Crippen molar-refractivity contribution in [3.05, 3.63) is 194 Å². The molecule has 14 aromatic rings. The van der Waals surface area contributed by atoms with Gasteiger partial charge in [0.1, 0.15) is 11.2 Å². The minimum Gasteiger partial charge on any atom is -0.455 e. The molecule has 0 fully saturated rings. The van der Waals surface area contributed by atoms with E-state index in [1.807, 2.05) is 18.2 Å². The number of benzene rings is 10. The molecule has 0 saturated carbocycles. The Labute approximate surface area is 363 Å². The molecule has 6 heteroatoms. The quantitative estimate of drug-likeness (QED) is 0.166. The van der Waals surface area contributed by atoms with E-state index in [2.05, 4.69) is 180 Å². The fourth-order valence-electron chi connectivity index (χ4n) is 9.94. The van der Waals surface area contributed by atoms with Crippen molar-refractivity contribution >= 4 is 108 Å². The summed E-state index contributed by atoms with van der Waals surface area (Å²) >= 11 is 1.78. The number of rotatable bonds is 4. The number of nitrogens with zero attached hydrogens (tertiary/aromatic N) is 4. The van der Waals surface area contributed by atoms with Crippen LogP contribution in [-0.4, -0.2) is 19.5 Å². The lowest BCUT2D eigenvalue weighted by Crippen LogP contribution is -2.02. The Hall–Kier alpha value is -8.19. The van der Waals surface area contributed by atoms with Crippen LogP contribution in [0.5, 0.6) is 0 Å². The molecule has 0 spiro atoms. The van der Waals surface area contributed by atoms with Gasteiger partial charge in [0.2, 0.25) is 0 Å². The summed E-state index contributed by atoms with van der Waals surface area (Å²) in [5, 5.41) is 14.2. The van der Waals surface area contributed by atoms with E-state index in [1.165, 1.54) is 42.4 Å². The van der Waals surface area contributed by atoms with Gasteiger partial charge in [-0.15, -0.1) is 11.3 Å². The van der Waals surface area contributed by atoms with Gasteiger partial charge >= 0.3 is 0 Å². The van der Waals surface area contributed by atoms with Crippen molar-refractivity contribution in [3.8, 4) is 39.9 Å². The average molecular weight is 821 g/mol. The minimum absolute atomic E-state index is 0.558. The monoisotopic (exact) mass is 820 g/mol. The summed E-state index contributed by atoms with van der Waals surface area (Å²) < 4.78 is 11.4. The van der Waals surface area contributed by atoms with Gasteiger partial charge in [-0.05, 0) is 80.8 Å². The zero-order valence-electron chi connectivity index (χ0n) is 33.6. The maximum Gasteiger partial charge on any atom is 0.167 e. The first-order valence-corrected chi connectivity index (χ1v) is 22.0. The zero-order valence-corrected chi connectivity index (χ0v) is 34.4. The Morgan fingerprint density at radius 2 is 1.08 bits per heavy atom. The third-order valence-corrected chi connectivity index (χ3v) is 14.0. The molecule has 0 amide bonds. The Morgan fingerprint density at radius 3 is 1.98 bits per heavy atom. The van der Waals surface area contributed by atoms with Gasteiger partial charge in [-0.3, -0.25) is 0 Å². The molecule has 0 saturated heterocycles. The molecule has 5 nitrogen and oxygen atoms in total. The van der Waals surface area contributed by atoms with Gasteiger partial charge in [-0.1, -0.05) is 146 Å². The predicted octanol–water partition coefficient (Wildman–Crippen LogP) is 15.7. The fourth-order valence-corrected chi connectivity index (χ4v) is 11.1. The Kier molecular flexibility index (Phi) is 7.21. The normalized spacial score (nSPS) is 12.1. The van der Waals surface area contributed by atoms with Crippen LogP contribution in [0.2, 0.25) is 0 Å². The second kappa shape index (κ2) is 13.2. The molecule has 0 radical (unpaired) electrons. The van der Waals surface area contributed by atoms with Crippen LogP contribution in [0.1, 0.15) is 0 Å². The summed E-state index contributed by atoms with van der Waals surface area (Å²) in [6, 6.07) is 69.2. The van der Waals surface area contributed by atoms with Crippen LogP contribution in [0.3, 0.4) is 0 Å². The number of hydrogen-bond acceptors (Lipinski definition) is 5. The van der Waals surface area contributed by atoms with E-state index in [0.29, 0.717) is 17.5 Å². The van der Waals surface area contributed by atoms with Crippen molar-refractivity contribution in [1.82, 2.24) is 19.5 Å². The van der Waals surface area contributed by atoms with Crippen LogP contribution >= 0.6 is 11.3 Å². The Balaban J connectivity index is 1.08. The summed E-state index contributed by atoms with van der Waals surface area (Å²) in [4.78, 5) is 16.1. The highest BCUT2D eigenvalue weighted by Gasteiger charge is 2.23. The summed E-state index contributed by atoms with van der Waals surface area (Å²) in [6.07, 6.45) is 0. The van der Waals surface area contributed by atoms with Gasteiger partial charge in [-0.2, -0.15) is 0 Å². The average Bonchev–Trinajstić information content (AvgIpc) is 4.03. The van der Waals surface area contributed by atoms with Crippen molar-refractivity contribution in [3.63, 3.8) is 0 Å². The van der Waals surface area contributed by atoms with E-state index in [4.69, 9.17) is 19.4 Å². The number of aromatic nitrogens is 4. The van der Waals surface area contributed by atoms with Crippen molar-refractivity contribution in [2.45, 2.75) is 0 Å². The van der Waals surface area contributed by atoms with E-state index in [1.54, 1.807) is 11.3 Å². The fraction of sp³-hybridized carbons (Fsp3) is 0. The molecule has 14 rings (SSSR count). The molecule has 0 bridgehead atoms. The van der Waals surface area contributed by atoms with E-state index in [9.17, 15) is 0 Å². The first-order valence-electron chi connectivity index (χ1n) is 21.2. The van der Waals surface area contributed by atoms with E-state index in [-0.39, 0.29) is 0 Å². The smallest absolute Gasteiger partial charge is 0.167 e. The molecular formula is C57H32N4OS. The lowest BCUT2D eigenvalue weighted by atomic mass is 9.98. The molecule has 0 N–H and O–H groups in total. The first kappa shape index (κ1) is 34.5. The van der Waals surface area contributed by atoms with E-state index >= 15 is 0 Å². The largest absolute Gasteiger partial charge is 0.455 e. The molecule has 0 aliphatic rings. The number of thiophene rings is 1. The lowest BCUT2D eigenvalue weighted by Gasteiger charge is -2.14. The van der Waals surface area contributed by atoms with Crippen LogP contribution in [0.4, 0.5) is 0 Å². The Bertz CT molecular complexity index is 4230. The summed E-state index contributed by atoms with van der Waals surface area (Å²) in [5.74, 6) is 1.76. The van der Waals surface area contributed by atoms with E-state index < -0.39 is 0 Å². The summed E-state index contributed by atoms with van der Waals surface area (Å²) in [6.45, 7) is 0. The molecule has 0 atom stereocenters. The zero-order chi connectivity index (χ0) is 41.2. The molecule has 10 aromatic carbocycles. The highest BCUT2D eigenvalue weighted by Crippen LogP contribution is 2.45. The molecule has 0 unspecified atom stereocenters. The molecular weight excluding hydrogens is 789 g/mol. The van der Waals surface area contributed by atoms with Gasteiger partial charge < -0.3 is 8.98 Å². The predicted molar refractivity (Wildman–Crippen MR) is 263 cm³/mol. The minimum atomic E-state index is 0.558. The SMILES string of the molecule is c1ccc2cc(-c3nc(-c4cccc5c4oc4ccccc45)nc(-c4cc(-n5c6ccccc6c6c7ccc8ccccc8c7ccc65)cc5c4sc4ccccc45)n3)ccc2c1.